The fourth-order valence-corrected chi connectivity index (χ4v) is 4.39. The van der Waals surface area contributed by atoms with Gasteiger partial charge in [-0.25, -0.2) is 8.42 Å². The fourth-order valence-electron chi connectivity index (χ4n) is 1.53. The van der Waals surface area contributed by atoms with Crippen molar-refractivity contribution in [3.05, 3.63) is 46.6 Å². The lowest BCUT2D eigenvalue weighted by Crippen LogP contribution is -2.28. The second kappa shape index (κ2) is 6.00. The van der Waals surface area contributed by atoms with Crippen molar-refractivity contribution < 1.29 is 8.42 Å². The van der Waals surface area contributed by atoms with Crippen LogP contribution >= 0.6 is 22.9 Å². The van der Waals surface area contributed by atoms with E-state index >= 15 is 0 Å². The highest BCUT2D eigenvalue weighted by Crippen LogP contribution is 2.27. The number of hydrogen-bond donors (Lipinski definition) is 0. The Labute approximate surface area is 121 Å². The van der Waals surface area contributed by atoms with Gasteiger partial charge in [-0.15, -0.1) is 11.3 Å². The highest BCUT2D eigenvalue weighted by molar-refractivity contribution is 7.91. The standard InChI is InChI=1S/C12H13ClN2O2S2/c1-15(9-7-10-4-2-3-8-14-10)19(16,17)12-6-5-11(13)18-12/h2-6,8H,7,9H2,1H3. The second-order valence-electron chi connectivity index (χ2n) is 3.96. The third kappa shape index (κ3) is 3.54. The Morgan fingerprint density at radius 3 is 2.68 bits per heavy atom. The van der Waals surface area contributed by atoms with E-state index in [9.17, 15) is 8.42 Å². The molecule has 0 N–H and O–H groups in total. The molecule has 102 valence electrons. The van der Waals surface area contributed by atoms with E-state index in [0.717, 1.165) is 17.0 Å². The Morgan fingerprint density at radius 2 is 2.11 bits per heavy atom. The molecular weight excluding hydrogens is 304 g/mol. The van der Waals surface area contributed by atoms with E-state index in [2.05, 4.69) is 4.98 Å². The van der Waals surface area contributed by atoms with Gasteiger partial charge in [0.2, 0.25) is 0 Å². The Balaban J connectivity index is 2.05. The van der Waals surface area contributed by atoms with Crippen molar-refractivity contribution in [2.45, 2.75) is 10.6 Å². The minimum atomic E-state index is -3.45. The average molecular weight is 317 g/mol. The van der Waals surface area contributed by atoms with Crippen LogP contribution in [0, 0.1) is 0 Å². The molecular formula is C12H13ClN2O2S2. The van der Waals surface area contributed by atoms with Crippen LogP contribution in [0.2, 0.25) is 4.34 Å². The zero-order valence-corrected chi connectivity index (χ0v) is 12.7. The second-order valence-corrected chi connectivity index (χ2v) is 7.94. The van der Waals surface area contributed by atoms with Gasteiger partial charge in [0.15, 0.2) is 0 Å². The Hall–Kier alpha value is -0.950. The van der Waals surface area contributed by atoms with E-state index in [1.807, 2.05) is 18.2 Å². The van der Waals surface area contributed by atoms with Crippen molar-refractivity contribution in [3.63, 3.8) is 0 Å². The Bertz CT molecular complexity index is 641. The lowest BCUT2D eigenvalue weighted by Gasteiger charge is -2.15. The topological polar surface area (TPSA) is 50.3 Å². The van der Waals surface area contributed by atoms with E-state index in [1.165, 1.54) is 10.4 Å². The minimum Gasteiger partial charge on any atom is -0.261 e. The molecule has 2 aromatic rings. The molecule has 0 amide bonds. The molecule has 2 aromatic heterocycles. The number of aromatic nitrogens is 1. The molecule has 0 aromatic carbocycles. The monoisotopic (exact) mass is 316 g/mol. The molecule has 0 aliphatic rings. The van der Waals surface area contributed by atoms with Crippen molar-refractivity contribution in [3.8, 4) is 0 Å². The number of nitrogens with zero attached hydrogens (tertiary/aromatic N) is 2. The van der Waals surface area contributed by atoms with Crippen molar-refractivity contribution in [2.24, 2.45) is 0 Å². The Morgan fingerprint density at radius 1 is 1.32 bits per heavy atom. The largest absolute Gasteiger partial charge is 0.261 e. The first-order chi connectivity index (χ1) is 9.00. The average Bonchev–Trinajstić information content (AvgIpc) is 2.84. The van der Waals surface area contributed by atoms with Crippen LogP contribution in [-0.2, 0) is 16.4 Å². The molecule has 2 heterocycles. The molecule has 0 spiro atoms. The van der Waals surface area contributed by atoms with Crippen LogP contribution in [0.15, 0.2) is 40.7 Å². The number of halogens is 1. The lowest BCUT2D eigenvalue weighted by molar-refractivity contribution is 0.472. The molecule has 0 fully saturated rings. The summed E-state index contributed by atoms with van der Waals surface area (Å²) in [6.07, 6.45) is 2.28. The summed E-state index contributed by atoms with van der Waals surface area (Å²) in [7, 11) is -1.89. The van der Waals surface area contributed by atoms with Crippen molar-refractivity contribution in [2.75, 3.05) is 13.6 Å². The van der Waals surface area contributed by atoms with E-state index in [-0.39, 0.29) is 4.21 Å². The highest BCUT2D eigenvalue weighted by Gasteiger charge is 2.22. The summed E-state index contributed by atoms with van der Waals surface area (Å²) in [5, 5.41) is 0. The van der Waals surface area contributed by atoms with Gasteiger partial charge in [0, 0.05) is 31.9 Å². The van der Waals surface area contributed by atoms with Crippen molar-refractivity contribution in [1.82, 2.24) is 9.29 Å². The number of pyridine rings is 1. The number of rotatable bonds is 5. The van der Waals surface area contributed by atoms with E-state index in [0.29, 0.717) is 17.3 Å². The number of sulfonamides is 1. The molecule has 0 aliphatic carbocycles. The number of likely N-dealkylation sites (N-methyl/N-ethyl adjacent to an activating group) is 1. The van der Waals surface area contributed by atoms with E-state index in [1.54, 1.807) is 19.3 Å². The van der Waals surface area contributed by atoms with Crippen LogP contribution in [0.1, 0.15) is 5.69 Å². The molecule has 0 saturated heterocycles. The predicted molar refractivity (Wildman–Crippen MR) is 77.1 cm³/mol. The van der Waals surface area contributed by atoms with Crippen molar-refractivity contribution >= 4 is 33.0 Å². The smallest absolute Gasteiger partial charge is 0.252 e. The highest BCUT2D eigenvalue weighted by atomic mass is 35.5. The maximum Gasteiger partial charge on any atom is 0.252 e. The van der Waals surface area contributed by atoms with Gasteiger partial charge in [0.1, 0.15) is 4.21 Å². The zero-order valence-electron chi connectivity index (χ0n) is 10.3. The van der Waals surface area contributed by atoms with Gasteiger partial charge in [-0.05, 0) is 24.3 Å². The summed E-state index contributed by atoms with van der Waals surface area (Å²) in [6, 6.07) is 8.71. The van der Waals surface area contributed by atoms with Crippen molar-refractivity contribution in [1.29, 1.82) is 0 Å². The van der Waals surface area contributed by atoms with Gasteiger partial charge < -0.3 is 0 Å². The van der Waals surface area contributed by atoms with Gasteiger partial charge in [-0.1, -0.05) is 17.7 Å². The summed E-state index contributed by atoms with van der Waals surface area (Å²) in [5.74, 6) is 0. The molecule has 0 aliphatic heterocycles. The Kier molecular flexibility index (Phi) is 4.57. The van der Waals surface area contributed by atoms with E-state index in [4.69, 9.17) is 11.6 Å². The summed E-state index contributed by atoms with van der Waals surface area (Å²) in [4.78, 5) is 4.17. The molecule has 2 rings (SSSR count). The predicted octanol–water partition coefficient (Wildman–Crippen LogP) is 2.66. The van der Waals surface area contributed by atoms with Crippen LogP contribution in [-0.4, -0.2) is 31.3 Å². The van der Waals surface area contributed by atoms with Crippen LogP contribution < -0.4 is 0 Å². The van der Waals surface area contributed by atoms with Gasteiger partial charge >= 0.3 is 0 Å². The van der Waals surface area contributed by atoms with Crippen LogP contribution in [0.4, 0.5) is 0 Å². The van der Waals surface area contributed by atoms with Gasteiger partial charge in [-0.3, -0.25) is 4.98 Å². The molecule has 0 unspecified atom stereocenters. The third-order valence-electron chi connectivity index (χ3n) is 2.62. The molecule has 4 nitrogen and oxygen atoms in total. The lowest BCUT2D eigenvalue weighted by atomic mass is 10.3. The minimum absolute atomic E-state index is 0.265. The summed E-state index contributed by atoms with van der Waals surface area (Å²) >= 11 is 6.83. The molecule has 7 heteroatoms. The summed E-state index contributed by atoms with van der Waals surface area (Å²) in [6.45, 7) is 0.384. The summed E-state index contributed by atoms with van der Waals surface area (Å²) < 4.78 is 26.5. The molecule has 19 heavy (non-hydrogen) atoms. The van der Waals surface area contributed by atoms with Gasteiger partial charge in [0.25, 0.3) is 10.0 Å². The first-order valence-electron chi connectivity index (χ1n) is 5.62. The quantitative estimate of drug-likeness (QED) is 0.852. The van der Waals surface area contributed by atoms with Crippen LogP contribution in [0.25, 0.3) is 0 Å². The molecule has 0 radical (unpaired) electrons. The van der Waals surface area contributed by atoms with Crippen LogP contribution in [0.3, 0.4) is 0 Å². The molecule has 0 saturated carbocycles. The molecule has 0 bridgehead atoms. The first kappa shape index (κ1) is 14.5. The normalized spacial score (nSPS) is 11.9. The number of thiophene rings is 1. The maximum atomic E-state index is 12.2. The van der Waals surface area contributed by atoms with E-state index < -0.39 is 10.0 Å². The van der Waals surface area contributed by atoms with Gasteiger partial charge in [-0.2, -0.15) is 4.31 Å². The summed E-state index contributed by atoms with van der Waals surface area (Å²) in [5.41, 5.74) is 0.869. The SMILES string of the molecule is CN(CCc1ccccn1)S(=O)(=O)c1ccc(Cl)s1. The van der Waals surface area contributed by atoms with Crippen LogP contribution in [0.5, 0.6) is 0 Å². The van der Waals surface area contributed by atoms with Gasteiger partial charge in [0.05, 0.1) is 4.34 Å². The fraction of sp³-hybridized carbons (Fsp3) is 0.250. The zero-order chi connectivity index (χ0) is 13.9. The third-order valence-corrected chi connectivity index (χ3v) is 6.18. The maximum absolute atomic E-state index is 12.2. The molecule has 0 atom stereocenters. The first-order valence-corrected chi connectivity index (χ1v) is 8.25. The number of hydrogen-bond acceptors (Lipinski definition) is 4.